The molecule has 0 spiro atoms. The Morgan fingerprint density at radius 1 is 1.29 bits per heavy atom. The Morgan fingerprint density at radius 2 is 2.00 bits per heavy atom. The average Bonchev–Trinajstić information content (AvgIpc) is 2.49. The van der Waals surface area contributed by atoms with Crippen molar-refractivity contribution in [3.63, 3.8) is 0 Å². The van der Waals surface area contributed by atoms with Gasteiger partial charge in [-0.2, -0.15) is 0 Å². The summed E-state index contributed by atoms with van der Waals surface area (Å²) in [6.07, 6.45) is 1.05. The number of halogens is 1. The quantitative estimate of drug-likeness (QED) is 0.781. The standard InChI is InChI=1S/C19H21BrN2O2/c1-19(2)11-16(15-10-14(21)7-8-17(15)24-19)22-18(23)9-12-3-5-13(20)6-4-12/h3-8,10,16H,9,11,21H2,1-2H3,(H,22,23). The lowest BCUT2D eigenvalue weighted by molar-refractivity contribution is -0.121. The SMILES string of the molecule is CC1(C)CC(NC(=O)Cc2ccc(Br)cc2)c2cc(N)ccc2O1. The molecule has 0 saturated carbocycles. The molecule has 0 aromatic heterocycles. The molecule has 1 atom stereocenters. The largest absolute Gasteiger partial charge is 0.487 e. The van der Waals surface area contributed by atoms with E-state index in [9.17, 15) is 4.79 Å². The molecule has 1 aliphatic heterocycles. The first kappa shape index (κ1) is 16.8. The van der Waals surface area contributed by atoms with Gasteiger partial charge in [-0.15, -0.1) is 0 Å². The molecule has 1 unspecified atom stereocenters. The maximum absolute atomic E-state index is 12.5. The van der Waals surface area contributed by atoms with Crippen LogP contribution in [0.3, 0.4) is 0 Å². The van der Waals surface area contributed by atoms with E-state index < -0.39 is 0 Å². The van der Waals surface area contributed by atoms with Crippen molar-refractivity contribution in [3.8, 4) is 5.75 Å². The molecule has 1 amide bonds. The minimum atomic E-state index is -0.335. The van der Waals surface area contributed by atoms with Crippen LogP contribution >= 0.6 is 15.9 Å². The molecule has 0 fully saturated rings. The minimum absolute atomic E-state index is 0.00611. The second kappa shape index (κ2) is 6.48. The molecular weight excluding hydrogens is 368 g/mol. The number of nitrogens with two attached hydrogens (primary N) is 1. The molecule has 24 heavy (non-hydrogen) atoms. The third kappa shape index (κ3) is 3.90. The van der Waals surface area contributed by atoms with Crippen LogP contribution in [0.25, 0.3) is 0 Å². The first-order valence-corrected chi connectivity index (χ1v) is 8.74. The van der Waals surface area contributed by atoms with Crippen molar-refractivity contribution < 1.29 is 9.53 Å². The lowest BCUT2D eigenvalue weighted by Crippen LogP contribution is -2.41. The molecule has 5 heteroatoms. The fraction of sp³-hybridized carbons (Fsp3) is 0.316. The van der Waals surface area contributed by atoms with Crippen molar-refractivity contribution >= 4 is 27.5 Å². The lowest BCUT2D eigenvalue weighted by Gasteiger charge is -2.38. The number of benzene rings is 2. The molecule has 2 aromatic carbocycles. The van der Waals surface area contributed by atoms with Crippen LogP contribution in [-0.2, 0) is 11.2 Å². The van der Waals surface area contributed by atoms with Gasteiger partial charge in [0.2, 0.25) is 5.91 Å². The van der Waals surface area contributed by atoms with Crippen LogP contribution in [-0.4, -0.2) is 11.5 Å². The maximum Gasteiger partial charge on any atom is 0.224 e. The van der Waals surface area contributed by atoms with Crippen molar-refractivity contribution in [1.29, 1.82) is 0 Å². The molecule has 3 N–H and O–H groups in total. The summed E-state index contributed by atoms with van der Waals surface area (Å²) in [5.41, 5.74) is 8.17. The first-order chi connectivity index (χ1) is 11.3. The highest BCUT2D eigenvalue weighted by Crippen LogP contribution is 2.40. The molecule has 1 aliphatic rings. The number of ether oxygens (including phenoxy) is 1. The third-order valence-electron chi connectivity index (χ3n) is 4.10. The second-order valence-corrected chi connectivity index (χ2v) is 7.70. The van der Waals surface area contributed by atoms with Gasteiger partial charge in [-0.1, -0.05) is 28.1 Å². The predicted octanol–water partition coefficient (Wildman–Crippen LogP) is 3.99. The zero-order chi connectivity index (χ0) is 17.3. The van der Waals surface area contributed by atoms with E-state index in [4.69, 9.17) is 10.5 Å². The summed E-state index contributed by atoms with van der Waals surface area (Å²) in [5.74, 6) is 0.780. The van der Waals surface area contributed by atoms with Gasteiger partial charge in [0, 0.05) is 22.1 Å². The summed E-state index contributed by atoms with van der Waals surface area (Å²) in [4.78, 5) is 12.5. The molecule has 0 bridgehead atoms. The number of nitrogens with one attached hydrogen (secondary N) is 1. The maximum atomic E-state index is 12.5. The predicted molar refractivity (Wildman–Crippen MR) is 98.9 cm³/mol. The minimum Gasteiger partial charge on any atom is -0.487 e. The number of amides is 1. The van der Waals surface area contributed by atoms with Crippen LogP contribution < -0.4 is 15.8 Å². The number of fused-ring (bicyclic) bond motifs is 1. The molecule has 2 aromatic rings. The summed E-state index contributed by atoms with van der Waals surface area (Å²) < 4.78 is 7.01. The highest BCUT2D eigenvalue weighted by Gasteiger charge is 2.34. The second-order valence-electron chi connectivity index (χ2n) is 6.79. The summed E-state index contributed by atoms with van der Waals surface area (Å²) in [7, 11) is 0. The van der Waals surface area contributed by atoms with Gasteiger partial charge in [-0.25, -0.2) is 0 Å². The Kier molecular flexibility index (Phi) is 4.54. The van der Waals surface area contributed by atoms with Crippen molar-refractivity contribution in [2.24, 2.45) is 0 Å². The number of hydrogen-bond donors (Lipinski definition) is 2. The molecule has 0 radical (unpaired) electrons. The van der Waals surface area contributed by atoms with Crippen LogP contribution in [0.15, 0.2) is 46.9 Å². The van der Waals surface area contributed by atoms with Crippen molar-refractivity contribution in [3.05, 3.63) is 58.1 Å². The molecule has 0 aliphatic carbocycles. The number of hydrogen-bond acceptors (Lipinski definition) is 3. The number of anilines is 1. The van der Waals surface area contributed by atoms with Gasteiger partial charge < -0.3 is 15.8 Å². The molecule has 126 valence electrons. The fourth-order valence-electron chi connectivity index (χ4n) is 3.03. The van der Waals surface area contributed by atoms with E-state index in [0.29, 0.717) is 18.5 Å². The Hall–Kier alpha value is -2.01. The number of nitrogen functional groups attached to an aromatic ring is 1. The van der Waals surface area contributed by atoms with E-state index in [0.717, 1.165) is 21.3 Å². The van der Waals surface area contributed by atoms with Crippen molar-refractivity contribution in [2.75, 3.05) is 5.73 Å². The van der Waals surface area contributed by atoms with E-state index in [2.05, 4.69) is 21.2 Å². The van der Waals surface area contributed by atoms with Gasteiger partial charge >= 0.3 is 0 Å². The molecule has 1 heterocycles. The van der Waals surface area contributed by atoms with Crippen LogP contribution in [0.5, 0.6) is 5.75 Å². The van der Waals surface area contributed by atoms with Gasteiger partial charge in [0.05, 0.1) is 12.5 Å². The van der Waals surface area contributed by atoms with E-state index in [1.165, 1.54) is 0 Å². The zero-order valence-electron chi connectivity index (χ0n) is 13.8. The fourth-order valence-corrected chi connectivity index (χ4v) is 3.30. The van der Waals surface area contributed by atoms with Crippen LogP contribution in [0.1, 0.15) is 37.4 Å². The van der Waals surface area contributed by atoms with Gasteiger partial charge in [0.1, 0.15) is 11.4 Å². The highest BCUT2D eigenvalue weighted by molar-refractivity contribution is 9.10. The summed E-state index contributed by atoms with van der Waals surface area (Å²) in [6.45, 7) is 4.06. The van der Waals surface area contributed by atoms with E-state index in [1.807, 2.05) is 56.3 Å². The van der Waals surface area contributed by atoms with Gasteiger partial charge in [-0.05, 0) is 49.7 Å². The van der Waals surface area contributed by atoms with Crippen molar-refractivity contribution in [1.82, 2.24) is 5.32 Å². The third-order valence-corrected chi connectivity index (χ3v) is 4.63. The Morgan fingerprint density at radius 3 is 2.71 bits per heavy atom. The zero-order valence-corrected chi connectivity index (χ0v) is 15.4. The summed E-state index contributed by atoms with van der Waals surface area (Å²) in [5, 5.41) is 3.13. The monoisotopic (exact) mass is 388 g/mol. The molecular formula is C19H21BrN2O2. The van der Waals surface area contributed by atoms with E-state index in [1.54, 1.807) is 0 Å². The number of carbonyl (C=O) groups is 1. The molecule has 4 nitrogen and oxygen atoms in total. The average molecular weight is 389 g/mol. The van der Waals surface area contributed by atoms with Gasteiger partial charge in [0.25, 0.3) is 0 Å². The van der Waals surface area contributed by atoms with Gasteiger partial charge in [-0.3, -0.25) is 4.79 Å². The first-order valence-electron chi connectivity index (χ1n) is 7.95. The van der Waals surface area contributed by atoms with Crippen LogP contribution in [0, 0.1) is 0 Å². The van der Waals surface area contributed by atoms with Crippen LogP contribution in [0.4, 0.5) is 5.69 Å². The normalized spacial score (nSPS) is 18.4. The lowest BCUT2D eigenvalue weighted by atomic mass is 9.89. The Bertz CT molecular complexity index is 756. The summed E-state index contributed by atoms with van der Waals surface area (Å²) in [6, 6.07) is 13.3. The highest BCUT2D eigenvalue weighted by atomic mass is 79.9. The molecule has 3 rings (SSSR count). The van der Waals surface area contributed by atoms with Gasteiger partial charge in [0.15, 0.2) is 0 Å². The van der Waals surface area contributed by atoms with E-state index in [-0.39, 0.29) is 17.6 Å². The Balaban J connectivity index is 1.77. The Labute approximate surface area is 150 Å². The van der Waals surface area contributed by atoms with Crippen LogP contribution in [0.2, 0.25) is 0 Å². The van der Waals surface area contributed by atoms with E-state index >= 15 is 0 Å². The van der Waals surface area contributed by atoms with Crippen molar-refractivity contribution in [2.45, 2.75) is 38.3 Å². The number of carbonyl (C=O) groups excluding carboxylic acids is 1. The number of rotatable bonds is 3. The molecule has 0 saturated heterocycles. The smallest absolute Gasteiger partial charge is 0.224 e. The topological polar surface area (TPSA) is 64.4 Å². The summed E-state index contributed by atoms with van der Waals surface area (Å²) >= 11 is 3.40.